The van der Waals surface area contributed by atoms with Gasteiger partial charge in [0.25, 0.3) is 0 Å². The van der Waals surface area contributed by atoms with Gasteiger partial charge in [-0.25, -0.2) is 0 Å². The summed E-state index contributed by atoms with van der Waals surface area (Å²) in [6.45, 7) is 8.57. The maximum atomic E-state index is 12.6. The van der Waals surface area contributed by atoms with Crippen LogP contribution in [0.15, 0.2) is 18.2 Å². The summed E-state index contributed by atoms with van der Waals surface area (Å²) in [6, 6.07) is 6.18. The van der Waals surface area contributed by atoms with Crippen molar-refractivity contribution in [2.45, 2.75) is 47.0 Å². The number of rotatable bonds is 2. The standard InChI is InChI=1S/C16H22O/c1-11-8-12(2)10-13(9-11)15(17)14-6-5-7-16(14,3)4/h8-10,14H,5-7H2,1-4H3. The summed E-state index contributed by atoms with van der Waals surface area (Å²) in [6.07, 6.45) is 3.42. The fourth-order valence-corrected chi connectivity index (χ4v) is 3.13. The molecule has 1 heteroatoms. The molecule has 0 aromatic heterocycles. The normalized spacial score (nSPS) is 22.7. The summed E-state index contributed by atoms with van der Waals surface area (Å²) >= 11 is 0. The number of hydrogen-bond acceptors (Lipinski definition) is 1. The summed E-state index contributed by atoms with van der Waals surface area (Å²) in [5.74, 6) is 0.558. The van der Waals surface area contributed by atoms with Crippen LogP contribution >= 0.6 is 0 Å². The Labute approximate surface area is 104 Å². The van der Waals surface area contributed by atoms with E-state index in [1.165, 1.54) is 24.0 Å². The van der Waals surface area contributed by atoms with Crippen LogP contribution in [0.1, 0.15) is 54.6 Å². The van der Waals surface area contributed by atoms with E-state index < -0.39 is 0 Å². The number of hydrogen-bond donors (Lipinski definition) is 0. The molecule has 0 bridgehead atoms. The zero-order valence-electron chi connectivity index (χ0n) is 11.3. The molecular weight excluding hydrogens is 208 g/mol. The predicted molar refractivity (Wildman–Crippen MR) is 71.4 cm³/mol. The highest BCUT2D eigenvalue weighted by molar-refractivity contribution is 5.98. The van der Waals surface area contributed by atoms with E-state index in [2.05, 4.69) is 33.8 Å². The van der Waals surface area contributed by atoms with Crippen molar-refractivity contribution in [3.8, 4) is 0 Å². The Kier molecular flexibility index (Phi) is 3.11. The van der Waals surface area contributed by atoms with E-state index in [0.717, 1.165) is 12.0 Å². The molecule has 2 rings (SSSR count). The van der Waals surface area contributed by atoms with Crippen molar-refractivity contribution in [1.82, 2.24) is 0 Å². The van der Waals surface area contributed by atoms with Crippen LogP contribution in [0.4, 0.5) is 0 Å². The van der Waals surface area contributed by atoms with Crippen molar-refractivity contribution in [2.24, 2.45) is 11.3 Å². The first-order chi connectivity index (χ1) is 7.90. The molecule has 1 nitrogen and oxygen atoms in total. The van der Waals surface area contributed by atoms with Crippen molar-refractivity contribution in [3.63, 3.8) is 0 Å². The van der Waals surface area contributed by atoms with Gasteiger partial charge in [-0.2, -0.15) is 0 Å². The van der Waals surface area contributed by atoms with E-state index in [1.807, 2.05) is 12.1 Å². The summed E-state index contributed by atoms with van der Waals surface area (Å²) in [5.41, 5.74) is 3.45. The molecule has 1 unspecified atom stereocenters. The summed E-state index contributed by atoms with van der Waals surface area (Å²) < 4.78 is 0. The first-order valence-electron chi connectivity index (χ1n) is 6.53. The molecule has 1 atom stereocenters. The SMILES string of the molecule is Cc1cc(C)cc(C(=O)C2CCCC2(C)C)c1. The lowest BCUT2D eigenvalue weighted by Gasteiger charge is -2.25. The number of ketones is 1. The van der Waals surface area contributed by atoms with Gasteiger partial charge in [0.2, 0.25) is 0 Å². The molecule has 17 heavy (non-hydrogen) atoms. The molecule has 1 fully saturated rings. The Morgan fingerprint density at radius 2 is 1.76 bits per heavy atom. The monoisotopic (exact) mass is 230 g/mol. The molecule has 1 aromatic rings. The molecular formula is C16H22O. The maximum Gasteiger partial charge on any atom is 0.166 e. The van der Waals surface area contributed by atoms with Gasteiger partial charge in [-0.3, -0.25) is 4.79 Å². The van der Waals surface area contributed by atoms with Gasteiger partial charge in [-0.1, -0.05) is 37.5 Å². The Balaban J connectivity index is 2.31. The van der Waals surface area contributed by atoms with Crippen LogP contribution in [0.25, 0.3) is 0 Å². The van der Waals surface area contributed by atoms with Crippen LogP contribution in [0.3, 0.4) is 0 Å². The summed E-state index contributed by atoms with van der Waals surface area (Å²) in [5, 5.41) is 0. The fourth-order valence-electron chi connectivity index (χ4n) is 3.13. The van der Waals surface area contributed by atoms with Crippen LogP contribution < -0.4 is 0 Å². The fraction of sp³-hybridized carbons (Fsp3) is 0.562. The Morgan fingerprint density at radius 1 is 1.18 bits per heavy atom. The number of carbonyl (C=O) groups is 1. The molecule has 0 heterocycles. The number of aryl methyl sites for hydroxylation is 2. The van der Waals surface area contributed by atoms with E-state index in [9.17, 15) is 4.79 Å². The highest BCUT2D eigenvalue weighted by Gasteiger charge is 2.39. The third kappa shape index (κ3) is 2.43. The van der Waals surface area contributed by atoms with E-state index in [-0.39, 0.29) is 11.3 Å². The molecule has 0 amide bonds. The van der Waals surface area contributed by atoms with Gasteiger partial charge < -0.3 is 0 Å². The Bertz CT molecular complexity index is 423. The van der Waals surface area contributed by atoms with Crippen LogP contribution in [0.2, 0.25) is 0 Å². The molecule has 1 aliphatic carbocycles. The Morgan fingerprint density at radius 3 is 2.24 bits per heavy atom. The predicted octanol–water partition coefficient (Wildman–Crippen LogP) is 4.31. The van der Waals surface area contributed by atoms with Crippen molar-refractivity contribution in [3.05, 3.63) is 34.9 Å². The van der Waals surface area contributed by atoms with Crippen LogP contribution in [0.5, 0.6) is 0 Å². The van der Waals surface area contributed by atoms with E-state index >= 15 is 0 Å². The van der Waals surface area contributed by atoms with Crippen molar-refractivity contribution in [1.29, 1.82) is 0 Å². The molecule has 0 spiro atoms. The van der Waals surface area contributed by atoms with Crippen LogP contribution in [-0.4, -0.2) is 5.78 Å². The second kappa shape index (κ2) is 4.29. The average molecular weight is 230 g/mol. The number of carbonyl (C=O) groups excluding carboxylic acids is 1. The van der Waals surface area contributed by atoms with Gasteiger partial charge in [0.05, 0.1) is 0 Å². The highest BCUT2D eigenvalue weighted by Crippen LogP contribution is 2.44. The summed E-state index contributed by atoms with van der Waals surface area (Å²) in [4.78, 5) is 12.6. The molecule has 0 saturated heterocycles. The molecule has 0 aliphatic heterocycles. The second-order valence-corrected chi connectivity index (χ2v) is 6.17. The lowest BCUT2D eigenvalue weighted by Crippen LogP contribution is -2.26. The first-order valence-corrected chi connectivity index (χ1v) is 6.53. The molecule has 1 saturated carbocycles. The number of benzene rings is 1. The first kappa shape index (κ1) is 12.3. The quantitative estimate of drug-likeness (QED) is 0.692. The molecule has 1 aliphatic rings. The van der Waals surface area contributed by atoms with Gasteiger partial charge >= 0.3 is 0 Å². The zero-order chi connectivity index (χ0) is 12.6. The van der Waals surface area contributed by atoms with E-state index in [0.29, 0.717) is 5.78 Å². The third-order valence-electron chi connectivity index (χ3n) is 4.08. The van der Waals surface area contributed by atoms with Gasteiger partial charge in [-0.05, 0) is 44.2 Å². The summed E-state index contributed by atoms with van der Waals surface area (Å²) in [7, 11) is 0. The number of Topliss-reactive ketones (excluding diaryl/α,β-unsaturated/α-hetero) is 1. The minimum atomic E-state index is 0.175. The van der Waals surface area contributed by atoms with Gasteiger partial charge in [-0.15, -0.1) is 0 Å². The molecule has 1 aromatic carbocycles. The van der Waals surface area contributed by atoms with Crippen LogP contribution in [0, 0.1) is 25.2 Å². The third-order valence-corrected chi connectivity index (χ3v) is 4.08. The van der Waals surface area contributed by atoms with Gasteiger partial charge in [0.1, 0.15) is 0 Å². The van der Waals surface area contributed by atoms with Crippen LogP contribution in [-0.2, 0) is 0 Å². The van der Waals surface area contributed by atoms with Gasteiger partial charge in [0.15, 0.2) is 5.78 Å². The zero-order valence-corrected chi connectivity index (χ0v) is 11.3. The minimum absolute atomic E-state index is 0.175. The largest absolute Gasteiger partial charge is 0.294 e. The lowest BCUT2D eigenvalue weighted by molar-refractivity contribution is 0.0839. The van der Waals surface area contributed by atoms with Crippen molar-refractivity contribution < 1.29 is 4.79 Å². The average Bonchev–Trinajstić information content (AvgIpc) is 2.55. The van der Waals surface area contributed by atoms with E-state index in [4.69, 9.17) is 0 Å². The minimum Gasteiger partial charge on any atom is -0.294 e. The molecule has 0 radical (unpaired) electrons. The second-order valence-electron chi connectivity index (χ2n) is 6.17. The smallest absolute Gasteiger partial charge is 0.166 e. The molecule has 92 valence electrons. The lowest BCUT2D eigenvalue weighted by atomic mass is 9.77. The van der Waals surface area contributed by atoms with Crippen molar-refractivity contribution in [2.75, 3.05) is 0 Å². The highest BCUT2D eigenvalue weighted by atomic mass is 16.1. The Hall–Kier alpha value is -1.11. The van der Waals surface area contributed by atoms with Crippen molar-refractivity contribution >= 4 is 5.78 Å². The van der Waals surface area contributed by atoms with Gasteiger partial charge in [0, 0.05) is 11.5 Å². The van der Waals surface area contributed by atoms with E-state index in [1.54, 1.807) is 0 Å². The maximum absolute atomic E-state index is 12.6. The topological polar surface area (TPSA) is 17.1 Å². The molecule has 0 N–H and O–H groups in total.